The van der Waals surface area contributed by atoms with Gasteiger partial charge in [-0.3, -0.25) is 19.3 Å². The van der Waals surface area contributed by atoms with Crippen molar-refractivity contribution in [1.29, 1.82) is 0 Å². The number of hydrogen-bond acceptors (Lipinski definition) is 6. The molecule has 0 saturated heterocycles. The monoisotopic (exact) mass is 498 g/mol. The molecule has 6 N–H and O–H groups in total. The highest BCUT2D eigenvalue weighted by Gasteiger charge is 2.18. The van der Waals surface area contributed by atoms with Gasteiger partial charge in [-0.15, -0.1) is 0 Å². The largest absolute Gasteiger partial charge is 0.370 e. The first-order chi connectivity index (χ1) is 16.0. The van der Waals surface area contributed by atoms with Crippen molar-refractivity contribution in [1.82, 2.24) is 9.88 Å². The standard InChI is InChI=1S/C20H24F2N6O5S/c21-14-6-5-13(16(22)9-14)12-34(32,33)27-17-4-2-8-28(19(17)31)10-18(30)26-15(11-29)3-1-7-25-20(23)24/h2,4-6,8-9,11,15,27H,1,3,7,10,12H2,(H,26,30)(H4,23,24,25)/t15-/m0/s1. The Morgan fingerprint density at radius 2 is 1.97 bits per heavy atom. The van der Waals surface area contributed by atoms with E-state index in [2.05, 4.69) is 10.3 Å². The van der Waals surface area contributed by atoms with Gasteiger partial charge in [0.2, 0.25) is 15.9 Å². The smallest absolute Gasteiger partial charge is 0.275 e. The van der Waals surface area contributed by atoms with Crippen LogP contribution in [-0.4, -0.2) is 43.7 Å². The number of guanidine groups is 1. The number of amides is 1. The van der Waals surface area contributed by atoms with E-state index in [4.69, 9.17) is 11.5 Å². The number of nitrogens with zero attached hydrogens (tertiary/aromatic N) is 2. The second-order valence-electron chi connectivity index (χ2n) is 7.21. The number of aliphatic imine (C=N–C) groups is 1. The normalized spacial score (nSPS) is 11.9. The summed E-state index contributed by atoms with van der Waals surface area (Å²) in [7, 11) is -4.23. The van der Waals surface area contributed by atoms with Crippen LogP contribution in [0.1, 0.15) is 18.4 Å². The van der Waals surface area contributed by atoms with E-state index in [-0.39, 0.29) is 30.2 Å². The van der Waals surface area contributed by atoms with Crippen molar-refractivity contribution in [2.45, 2.75) is 31.2 Å². The predicted molar refractivity (Wildman–Crippen MR) is 121 cm³/mol. The van der Waals surface area contributed by atoms with Gasteiger partial charge in [0, 0.05) is 24.4 Å². The van der Waals surface area contributed by atoms with Crippen LogP contribution >= 0.6 is 0 Å². The van der Waals surface area contributed by atoms with Gasteiger partial charge in [0.1, 0.15) is 30.2 Å². The summed E-state index contributed by atoms with van der Waals surface area (Å²) in [5, 5.41) is 2.45. The number of halogens is 2. The lowest BCUT2D eigenvalue weighted by molar-refractivity contribution is -0.124. The summed E-state index contributed by atoms with van der Waals surface area (Å²) < 4.78 is 54.6. The van der Waals surface area contributed by atoms with Crippen molar-refractivity contribution in [3.63, 3.8) is 0 Å². The van der Waals surface area contributed by atoms with Crippen LogP contribution in [0.25, 0.3) is 0 Å². The van der Waals surface area contributed by atoms with E-state index in [9.17, 15) is 31.6 Å². The zero-order valence-electron chi connectivity index (χ0n) is 17.9. The second-order valence-corrected chi connectivity index (χ2v) is 8.93. The number of nitrogens with one attached hydrogen (secondary N) is 2. The number of aromatic nitrogens is 1. The van der Waals surface area contributed by atoms with Crippen molar-refractivity contribution < 1.29 is 26.8 Å². The number of hydrogen-bond donors (Lipinski definition) is 4. The number of nitrogens with two attached hydrogens (primary N) is 2. The number of carbonyl (C=O) groups is 2. The highest BCUT2D eigenvalue weighted by molar-refractivity contribution is 7.91. The van der Waals surface area contributed by atoms with E-state index < -0.39 is 51.5 Å². The Hall–Kier alpha value is -3.81. The Bertz CT molecular complexity index is 1230. The molecule has 0 aliphatic heterocycles. The van der Waals surface area contributed by atoms with E-state index in [1.807, 2.05) is 4.72 Å². The number of aldehydes is 1. The van der Waals surface area contributed by atoms with Crippen molar-refractivity contribution >= 4 is 33.9 Å². The lowest BCUT2D eigenvalue weighted by Gasteiger charge is -2.14. The fourth-order valence-electron chi connectivity index (χ4n) is 2.89. The Kier molecular flexibility index (Phi) is 9.24. The van der Waals surface area contributed by atoms with Gasteiger partial charge in [0.15, 0.2) is 5.96 Å². The molecule has 0 spiro atoms. The molecule has 0 unspecified atom stereocenters. The van der Waals surface area contributed by atoms with E-state index in [1.54, 1.807) is 0 Å². The number of carbonyl (C=O) groups excluding carboxylic acids is 2. The van der Waals surface area contributed by atoms with E-state index in [0.29, 0.717) is 18.8 Å². The molecule has 0 saturated carbocycles. The SMILES string of the molecule is NC(N)=NCCC[C@@H](C=O)NC(=O)Cn1cccc(NS(=O)(=O)Cc2ccc(F)cc2F)c1=O. The van der Waals surface area contributed by atoms with Gasteiger partial charge in [-0.05, 0) is 31.0 Å². The van der Waals surface area contributed by atoms with Gasteiger partial charge in [-0.25, -0.2) is 17.2 Å². The van der Waals surface area contributed by atoms with Crippen molar-refractivity contribution in [3.8, 4) is 0 Å². The van der Waals surface area contributed by atoms with E-state index >= 15 is 0 Å². The highest BCUT2D eigenvalue weighted by atomic mass is 32.2. The lowest BCUT2D eigenvalue weighted by atomic mass is 10.2. The fourth-order valence-corrected chi connectivity index (χ4v) is 4.09. The number of sulfonamides is 1. The van der Waals surface area contributed by atoms with Crippen LogP contribution in [0.5, 0.6) is 0 Å². The molecule has 0 radical (unpaired) electrons. The van der Waals surface area contributed by atoms with Crippen LogP contribution < -0.4 is 27.1 Å². The average Bonchev–Trinajstić information content (AvgIpc) is 2.75. The molecule has 1 amide bonds. The maximum atomic E-state index is 13.8. The van der Waals surface area contributed by atoms with Gasteiger partial charge >= 0.3 is 0 Å². The van der Waals surface area contributed by atoms with Crippen molar-refractivity contribution in [2.75, 3.05) is 11.3 Å². The quantitative estimate of drug-likeness (QED) is 0.135. The lowest BCUT2D eigenvalue weighted by Crippen LogP contribution is -2.40. The Balaban J connectivity index is 2.04. The molecule has 11 nitrogen and oxygen atoms in total. The van der Waals surface area contributed by atoms with E-state index in [0.717, 1.165) is 16.7 Å². The summed E-state index contributed by atoms with van der Waals surface area (Å²) in [6.07, 6.45) is 2.48. The second kappa shape index (κ2) is 11.9. The third-order valence-corrected chi connectivity index (χ3v) is 5.66. The summed E-state index contributed by atoms with van der Waals surface area (Å²) in [6, 6.07) is 4.12. The summed E-state index contributed by atoms with van der Waals surface area (Å²) >= 11 is 0. The minimum atomic E-state index is -4.23. The molecule has 1 aromatic carbocycles. The maximum Gasteiger partial charge on any atom is 0.275 e. The third kappa shape index (κ3) is 8.27. The first kappa shape index (κ1) is 26.4. The molecule has 0 aliphatic rings. The van der Waals surface area contributed by atoms with Crippen molar-refractivity contribution in [3.05, 3.63) is 64.1 Å². The van der Waals surface area contributed by atoms with Gasteiger partial charge in [0.05, 0.1) is 11.8 Å². The number of anilines is 1. The minimum Gasteiger partial charge on any atom is -0.370 e. The van der Waals surface area contributed by atoms with Crippen molar-refractivity contribution in [2.24, 2.45) is 16.5 Å². The van der Waals surface area contributed by atoms with Gasteiger partial charge in [0.25, 0.3) is 5.56 Å². The minimum absolute atomic E-state index is 0.0932. The first-order valence-corrected chi connectivity index (χ1v) is 11.6. The molecule has 184 valence electrons. The molecule has 1 aromatic heterocycles. The van der Waals surface area contributed by atoms with Crippen LogP contribution in [0.2, 0.25) is 0 Å². The topological polar surface area (TPSA) is 179 Å². The zero-order chi connectivity index (χ0) is 25.3. The molecular formula is C20H24F2N6O5S. The maximum absolute atomic E-state index is 13.8. The number of benzene rings is 1. The summed E-state index contributed by atoms with van der Waals surface area (Å²) in [4.78, 5) is 39.8. The van der Waals surface area contributed by atoms with Gasteiger partial charge < -0.3 is 26.1 Å². The van der Waals surface area contributed by atoms with Crippen LogP contribution in [-0.2, 0) is 31.9 Å². The summed E-state index contributed by atoms with van der Waals surface area (Å²) in [5.41, 5.74) is 8.92. The molecule has 2 aromatic rings. The first-order valence-electron chi connectivity index (χ1n) is 9.94. The molecule has 0 fully saturated rings. The summed E-state index contributed by atoms with van der Waals surface area (Å²) in [6.45, 7) is -0.217. The van der Waals surface area contributed by atoms with Crippen LogP contribution in [0.4, 0.5) is 14.5 Å². The Morgan fingerprint density at radius 3 is 2.62 bits per heavy atom. The van der Waals surface area contributed by atoms with E-state index in [1.165, 1.54) is 18.3 Å². The summed E-state index contributed by atoms with van der Waals surface area (Å²) in [5.74, 6) is -3.50. The molecule has 2 rings (SSSR count). The van der Waals surface area contributed by atoms with Crippen LogP contribution in [0.3, 0.4) is 0 Å². The number of pyridine rings is 1. The zero-order valence-corrected chi connectivity index (χ0v) is 18.7. The molecule has 34 heavy (non-hydrogen) atoms. The predicted octanol–water partition coefficient (Wildman–Crippen LogP) is -0.194. The molecule has 0 aliphatic carbocycles. The average molecular weight is 499 g/mol. The Labute approximate surface area is 193 Å². The Morgan fingerprint density at radius 1 is 1.24 bits per heavy atom. The van der Waals surface area contributed by atoms with Gasteiger partial charge in [-0.2, -0.15) is 0 Å². The molecule has 14 heteroatoms. The van der Waals surface area contributed by atoms with Gasteiger partial charge in [-0.1, -0.05) is 6.07 Å². The highest BCUT2D eigenvalue weighted by Crippen LogP contribution is 2.14. The fraction of sp³-hybridized carbons (Fsp3) is 0.300. The molecular weight excluding hydrogens is 474 g/mol. The van der Waals surface area contributed by atoms with Crippen LogP contribution in [0, 0.1) is 11.6 Å². The molecule has 1 atom stereocenters. The third-order valence-electron chi connectivity index (χ3n) is 4.44. The molecule has 1 heterocycles. The molecule has 0 bridgehead atoms. The van der Waals surface area contributed by atoms with Crippen LogP contribution in [0.15, 0.2) is 46.3 Å². The number of rotatable bonds is 12.